The van der Waals surface area contributed by atoms with Gasteiger partial charge in [-0.15, -0.1) is 0 Å². The maximum absolute atomic E-state index is 12.4. The molecule has 0 N–H and O–H groups in total. The van der Waals surface area contributed by atoms with Crippen molar-refractivity contribution in [3.05, 3.63) is 116 Å². The molecule has 4 rings (SSSR count). The predicted octanol–water partition coefficient (Wildman–Crippen LogP) is 4.17. The molecule has 4 unspecified atom stereocenters. The number of hydrogen-bond donors (Lipinski definition) is 0. The van der Waals surface area contributed by atoms with E-state index in [9.17, 15) is 20.2 Å². The lowest BCUT2D eigenvalue weighted by atomic mass is 9.89. The van der Waals surface area contributed by atoms with Crippen LogP contribution >= 0.6 is 11.8 Å². The molecule has 2 aliphatic heterocycles. The van der Waals surface area contributed by atoms with Gasteiger partial charge in [0.1, 0.15) is 0 Å². The number of rotatable bonds is 8. The standard InChI is InChI=1S/C24H22N4O4S/c29-27(30)23(17-19-9-3-1-4-10-19)13-7-15-25-21(23)33-22-24(28(31)32,14-8-16-26-22)18-20-11-5-2-6-12-20/h1-16,21-22H,17-18H2. The fourth-order valence-electron chi connectivity index (χ4n) is 4.10. The van der Waals surface area contributed by atoms with E-state index in [1.165, 1.54) is 24.6 Å². The fourth-order valence-corrected chi connectivity index (χ4v) is 5.59. The van der Waals surface area contributed by atoms with Crippen LogP contribution < -0.4 is 0 Å². The third kappa shape index (κ3) is 4.49. The van der Waals surface area contributed by atoms with Crippen LogP contribution in [0.15, 0.2) is 95.0 Å². The molecule has 33 heavy (non-hydrogen) atoms. The van der Waals surface area contributed by atoms with Crippen LogP contribution in [0, 0.1) is 20.2 Å². The number of thioether (sulfide) groups is 1. The average Bonchev–Trinajstić information content (AvgIpc) is 2.82. The Bertz CT molecular complexity index is 1050. The van der Waals surface area contributed by atoms with Gasteiger partial charge in [0.15, 0.2) is 10.7 Å². The Labute approximate surface area is 195 Å². The zero-order valence-corrected chi connectivity index (χ0v) is 18.5. The first-order chi connectivity index (χ1) is 16.0. The van der Waals surface area contributed by atoms with Gasteiger partial charge in [-0.2, -0.15) is 0 Å². The van der Waals surface area contributed by atoms with E-state index in [0.717, 1.165) is 22.9 Å². The second kappa shape index (κ2) is 9.50. The summed E-state index contributed by atoms with van der Waals surface area (Å²) in [6, 6.07) is 18.3. The lowest BCUT2D eigenvalue weighted by molar-refractivity contribution is -0.556. The maximum atomic E-state index is 12.4. The summed E-state index contributed by atoms with van der Waals surface area (Å²) in [5, 5.41) is 23.0. The Hall–Kier alpha value is -3.59. The number of dihydropyridines is 2. The van der Waals surface area contributed by atoms with Crippen molar-refractivity contribution in [3.63, 3.8) is 0 Å². The molecule has 9 heteroatoms. The van der Waals surface area contributed by atoms with Crippen LogP contribution in [0.4, 0.5) is 0 Å². The van der Waals surface area contributed by atoms with Gasteiger partial charge in [-0.25, -0.2) is 0 Å². The average molecular weight is 463 g/mol. The number of aliphatic imine (C=N–C) groups is 2. The van der Waals surface area contributed by atoms with Crippen molar-refractivity contribution in [1.29, 1.82) is 0 Å². The number of hydrogen-bond acceptors (Lipinski definition) is 7. The molecular formula is C24H22N4O4S. The SMILES string of the molecule is O=[N+]([O-])C1(Cc2ccccc2)C=CC=NC1SC1N=CC=CC1(Cc1ccccc1)[N+](=O)[O-]. The van der Waals surface area contributed by atoms with Crippen LogP contribution in [-0.4, -0.2) is 44.1 Å². The first-order valence-electron chi connectivity index (χ1n) is 10.4. The molecular weight excluding hydrogens is 440 g/mol. The zero-order chi connectivity index (χ0) is 23.3. The number of nitrogens with zero attached hydrogens (tertiary/aromatic N) is 4. The smallest absolute Gasteiger partial charge is 0.271 e. The molecule has 0 amide bonds. The van der Waals surface area contributed by atoms with E-state index in [-0.39, 0.29) is 22.7 Å². The van der Waals surface area contributed by atoms with Crippen molar-refractivity contribution >= 4 is 24.2 Å². The van der Waals surface area contributed by atoms with Gasteiger partial charge in [0.2, 0.25) is 0 Å². The highest BCUT2D eigenvalue weighted by Crippen LogP contribution is 2.42. The minimum absolute atomic E-state index is 0.114. The highest BCUT2D eigenvalue weighted by Gasteiger charge is 2.56. The van der Waals surface area contributed by atoms with Crippen molar-refractivity contribution in [2.45, 2.75) is 34.7 Å². The van der Waals surface area contributed by atoms with E-state index < -0.39 is 21.8 Å². The van der Waals surface area contributed by atoms with Crippen LogP contribution in [-0.2, 0) is 12.8 Å². The van der Waals surface area contributed by atoms with Crippen molar-refractivity contribution in [3.8, 4) is 0 Å². The second-order valence-corrected chi connectivity index (χ2v) is 9.14. The fraction of sp³-hybridized carbons (Fsp3) is 0.250. The third-order valence-electron chi connectivity index (χ3n) is 5.84. The molecule has 2 aromatic rings. The summed E-state index contributed by atoms with van der Waals surface area (Å²) >= 11 is 1.07. The summed E-state index contributed by atoms with van der Waals surface area (Å²) in [5.74, 6) is 0. The van der Waals surface area contributed by atoms with Gasteiger partial charge in [0.05, 0.1) is 12.8 Å². The number of allylic oxidation sites excluding steroid dienone is 2. The van der Waals surface area contributed by atoms with Gasteiger partial charge in [0, 0.05) is 22.3 Å². The van der Waals surface area contributed by atoms with Crippen molar-refractivity contribution in [2.75, 3.05) is 0 Å². The molecule has 0 radical (unpaired) electrons. The molecule has 8 nitrogen and oxygen atoms in total. The lowest BCUT2D eigenvalue weighted by Gasteiger charge is -2.35. The Kier molecular flexibility index (Phi) is 6.50. The Morgan fingerprint density at radius 2 is 1.12 bits per heavy atom. The van der Waals surface area contributed by atoms with E-state index in [1.807, 2.05) is 60.7 Å². The van der Waals surface area contributed by atoms with Gasteiger partial charge in [-0.05, 0) is 35.4 Å². The molecule has 0 bridgehead atoms. The Morgan fingerprint density at radius 3 is 1.48 bits per heavy atom. The quantitative estimate of drug-likeness (QED) is 0.432. The van der Waals surface area contributed by atoms with Crippen LogP contribution in [0.1, 0.15) is 11.1 Å². The van der Waals surface area contributed by atoms with Crippen molar-refractivity contribution in [2.24, 2.45) is 9.98 Å². The van der Waals surface area contributed by atoms with E-state index in [2.05, 4.69) is 9.98 Å². The summed E-state index contributed by atoms with van der Waals surface area (Å²) in [6.45, 7) is 0. The molecule has 2 aromatic carbocycles. The normalized spacial score (nSPS) is 28.0. The zero-order valence-electron chi connectivity index (χ0n) is 17.6. The van der Waals surface area contributed by atoms with Crippen LogP contribution in [0.3, 0.4) is 0 Å². The van der Waals surface area contributed by atoms with Crippen LogP contribution in [0.25, 0.3) is 0 Å². The van der Waals surface area contributed by atoms with Gasteiger partial charge in [0.25, 0.3) is 11.1 Å². The molecule has 4 atom stereocenters. The van der Waals surface area contributed by atoms with Gasteiger partial charge in [-0.3, -0.25) is 30.2 Å². The molecule has 0 fully saturated rings. The summed E-state index contributed by atoms with van der Waals surface area (Å²) in [6.07, 6.45) is 9.46. The topological polar surface area (TPSA) is 111 Å². The first-order valence-corrected chi connectivity index (χ1v) is 11.3. The summed E-state index contributed by atoms with van der Waals surface area (Å²) in [5.41, 5.74) is -1.52. The molecule has 0 aliphatic carbocycles. The van der Waals surface area contributed by atoms with Crippen molar-refractivity contribution < 1.29 is 9.85 Å². The van der Waals surface area contributed by atoms with Crippen LogP contribution in [0.5, 0.6) is 0 Å². The summed E-state index contributed by atoms with van der Waals surface area (Å²) < 4.78 is 0. The molecule has 2 heterocycles. The van der Waals surface area contributed by atoms with E-state index in [4.69, 9.17) is 0 Å². The number of benzene rings is 2. The molecule has 0 spiro atoms. The highest BCUT2D eigenvalue weighted by molar-refractivity contribution is 8.00. The molecule has 0 saturated heterocycles. The monoisotopic (exact) mass is 462 g/mol. The molecule has 2 aliphatic rings. The Balaban J connectivity index is 1.69. The van der Waals surface area contributed by atoms with Gasteiger partial charge in [-0.1, -0.05) is 72.4 Å². The molecule has 0 aromatic heterocycles. The maximum Gasteiger partial charge on any atom is 0.275 e. The molecule has 168 valence electrons. The predicted molar refractivity (Wildman–Crippen MR) is 130 cm³/mol. The van der Waals surface area contributed by atoms with E-state index in [1.54, 1.807) is 12.2 Å². The highest BCUT2D eigenvalue weighted by atomic mass is 32.2. The van der Waals surface area contributed by atoms with E-state index >= 15 is 0 Å². The van der Waals surface area contributed by atoms with E-state index in [0.29, 0.717) is 0 Å². The van der Waals surface area contributed by atoms with Gasteiger partial charge < -0.3 is 0 Å². The minimum Gasteiger partial charge on any atom is -0.271 e. The lowest BCUT2D eigenvalue weighted by Crippen LogP contribution is -2.53. The van der Waals surface area contributed by atoms with Crippen molar-refractivity contribution in [1.82, 2.24) is 0 Å². The number of nitro groups is 2. The van der Waals surface area contributed by atoms with Crippen LogP contribution in [0.2, 0.25) is 0 Å². The minimum atomic E-state index is -1.55. The third-order valence-corrected chi connectivity index (χ3v) is 7.41. The van der Waals surface area contributed by atoms with Gasteiger partial charge >= 0.3 is 0 Å². The first kappa shape index (κ1) is 22.6. The summed E-state index contributed by atoms with van der Waals surface area (Å²) in [7, 11) is 0. The molecule has 0 saturated carbocycles. The summed E-state index contributed by atoms with van der Waals surface area (Å²) in [4.78, 5) is 33.0. The Morgan fingerprint density at radius 1 is 0.727 bits per heavy atom. The second-order valence-electron chi connectivity index (χ2n) is 7.98. The largest absolute Gasteiger partial charge is 0.275 e.